The number of nitrogens with zero attached hydrogens (tertiary/aromatic N) is 3. The molecule has 1 heterocycles. The summed E-state index contributed by atoms with van der Waals surface area (Å²) >= 11 is 13.2. The fourth-order valence-electron chi connectivity index (χ4n) is 2.01. The normalized spacial score (nSPS) is 10.5. The van der Waals surface area contributed by atoms with Crippen LogP contribution in [-0.4, -0.2) is 14.9 Å². The number of rotatable bonds is 5. The first-order valence-electron chi connectivity index (χ1n) is 6.99. The number of hydrogen-bond acceptors (Lipinski definition) is 6. The minimum atomic E-state index is -0.516. The van der Waals surface area contributed by atoms with Gasteiger partial charge in [0.15, 0.2) is 5.03 Å². The predicted molar refractivity (Wildman–Crippen MR) is 99.0 cm³/mol. The van der Waals surface area contributed by atoms with Crippen LogP contribution in [0.2, 0.25) is 10.0 Å². The first-order chi connectivity index (χ1) is 12.0. The number of benzene rings is 2. The van der Waals surface area contributed by atoms with Gasteiger partial charge in [-0.15, -0.1) is 0 Å². The Morgan fingerprint density at radius 3 is 2.52 bits per heavy atom. The lowest BCUT2D eigenvalue weighted by atomic mass is 10.3. The molecule has 0 atom stereocenters. The van der Waals surface area contributed by atoms with Gasteiger partial charge >= 0.3 is 5.69 Å². The third-order valence-electron chi connectivity index (χ3n) is 3.11. The molecule has 0 aliphatic carbocycles. The zero-order chi connectivity index (χ0) is 17.8. The summed E-state index contributed by atoms with van der Waals surface area (Å²) in [6.07, 6.45) is 1.27. The largest absolute Gasteiger partial charge is 0.343 e. The molecule has 9 heteroatoms. The summed E-state index contributed by atoms with van der Waals surface area (Å²) in [4.78, 5) is 19.9. The first-order valence-corrected chi connectivity index (χ1v) is 8.56. The van der Waals surface area contributed by atoms with Gasteiger partial charge in [0.25, 0.3) is 0 Å². The van der Waals surface area contributed by atoms with Gasteiger partial charge < -0.3 is 5.32 Å². The third-order valence-corrected chi connectivity index (χ3v) is 4.66. The average Bonchev–Trinajstić information content (AvgIpc) is 2.58. The smallest absolute Gasteiger partial charge is 0.333 e. The van der Waals surface area contributed by atoms with Crippen molar-refractivity contribution in [2.75, 3.05) is 5.32 Å². The van der Waals surface area contributed by atoms with Gasteiger partial charge in [-0.3, -0.25) is 10.1 Å². The van der Waals surface area contributed by atoms with E-state index < -0.39 is 4.92 Å². The van der Waals surface area contributed by atoms with Gasteiger partial charge in [-0.2, -0.15) is 0 Å². The van der Waals surface area contributed by atoms with E-state index >= 15 is 0 Å². The minimum Gasteiger partial charge on any atom is -0.333 e. The van der Waals surface area contributed by atoms with Crippen molar-refractivity contribution in [3.8, 4) is 0 Å². The molecule has 0 fully saturated rings. The lowest BCUT2D eigenvalue weighted by molar-refractivity contribution is -0.387. The van der Waals surface area contributed by atoms with Crippen molar-refractivity contribution in [3.63, 3.8) is 0 Å². The molecule has 2 aromatic carbocycles. The molecule has 126 valence electrons. The fraction of sp³-hybridized carbons (Fsp3) is 0. The summed E-state index contributed by atoms with van der Waals surface area (Å²) in [6.45, 7) is 0. The Morgan fingerprint density at radius 1 is 1.08 bits per heavy atom. The molecule has 0 unspecified atom stereocenters. The van der Waals surface area contributed by atoms with E-state index in [2.05, 4.69) is 15.3 Å². The molecular weight excluding hydrogens is 383 g/mol. The molecule has 3 rings (SSSR count). The zero-order valence-electron chi connectivity index (χ0n) is 12.5. The third kappa shape index (κ3) is 4.19. The topological polar surface area (TPSA) is 81.0 Å². The zero-order valence-corrected chi connectivity index (χ0v) is 14.8. The molecule has 6 nitrogen and oxygen atoms in total. The summed E-state index contributed by atoms with van der Waals surface area (Å²) < 4.78 is 0. The lowest BCUT2D eigenvalue weighted by Crippen LogP contribution is -2.03. The van der Waals surface area contributed by atoms with Crippen molar-refractivity contribution in [2.24, 2.45) is 0 Å². The highest BCUT2D eigenvalue weighted by Crippen LogP contribution is 2.38. The highest BCUT2D eigenvalue weighted by Gasteiger charge is 2.24. The van der Waals surface area contributed by atoms with E-state index in [1.54, 1.807) is 12.1 Å². The van der Waals surface area contributed by atoms with Crippen molar-refractivity contribution < 1.29 is 4.92 Å². The standard InChI is InChI=1S/C16H10Cl2N4O2S/c17-10-6-7-13(12(18)8-10)21-15-14(22(23)24)16(20-9-19-15)25-11-4-2-1-3-5-11/h1-9H,(H,19,20,21). The number of halogens is 2. The Labute approximate surface area is 157 Å². The van der Waals surface area contributed by atoms with Crippen molar-refractivity contribution in [3.05, 3.63) is 75.0 Å². The van der Waals surface area contributed by atoms with E-state index in [9.17, 15) is 10.1 Å². The van der Waals surface area contributed by atoms with E-state index in [1.807, 2.05) is 30.3 Å². The number of anilines is 2. The van der Waals surface area contributed by atoms with Crippen molar-refractivity contribution >= 4 is 52.2 Å². The van der Waals surface area contributed by atoms with Crippen LogP contribution in [0.1, 0.15) is 0 Å². The van der Waals surface area contributed by atoms with Gasteiger partial charge in [-0.25, -0.2) is 9.97 Å². The number of nitro groups is 1. The molecule has 1 aromatic heterocycles. The Hall–Kier alpha value is -2.35. The maximum atomic E-state index is 11.6. The molecule has 0 aliphatic heterocycles. The second-order valence-electron chi connectivity index (χ2n) is 4.80. The van der Waals surface area contributed by atoms with Crippen LogP contribution in [-0.2, 0) is 0 Å². The van der Waals surface area contributed by atoms with E-state index in [-0.39, 0.29) is 16.5 Å². The molecule has 0 spiro atoms. The Kier molecular flexibility index (Phi) is 5.37. The highest BCUT2D eigenvalue weighted by atomic mass is 35.5. The summed E-state index contributed by atoms with van der Waals surface area (Å²) in [7, 11) is 0. The van der Waals surface area contributed by atoms with Gasteiger partial charge in [0.05, 0.1) is 15.6 Å². The van der Waals surface area contributed by atoms with Crippen LogP contribution in [0.4, 0.5) is 17.2 Å². The lowest BCUT2D eigenvalue weighted by Gasteiger charge is -2.10. The summed E-state index contributed by atoms with van der Waals surface area (Å²) in [5.41, 5.74) is 0.242. The van der Waals surface area contributed by atoms with Crippen LogP contribution < -0.4 is 5.32 Å². The monoisotopic (exact) mass is 392 g/mol. The maximum absolute atomic E-state index is 11.6. The van der Waals surface area contributed by atoms with Crippen LogP contribution in [0, 0.1) is 10.1 Å². The van der Waals surface area contributed by atoms with Crippen LogP contribution in [0.15, 0.2) is 64.8 Å². The second kappa shape index (κ2) is 7.69. The summed E-state index contributed by atoms with van der Waals surface area (Å²) in [5.74, 6) is 0.0580. The Balaban J connectivity index is 1.99. The Morgan fingerprint density at radius 2 is 1.84 bits per heavy atom. The molecule has 1 N–H and O–H groups in total. The first kappa shape index (κ1) is 17.5. The number of hydrogen-bond donors (Lipinski definition) is 1. The van der Waals surface area contributed by atoms with Crippen molar-refractivity contribution in [1.29, 1.82) is 0 Å². The fourth-order valence-corrected chi connectivity index (χ4v) is 3.35. The Bertz CT molecular complexity index is 925. The van der Waals surface area contributed by atoms with E-state index in [1.165, 1.54) is 24.2 Å². The molecule has 0 radical (unpaired) electrons. The van der Waals surface area contributed by atoms with Crippen LogP contribution in [0.25, 0.3) is 0 Å². The minimum absolute atomic E-state index is 0.0580. The SMILES string of the molecule is O=[N+]([O-])c1c(Nc2ccc(Cl)cc2Cl)ncnc1Sc1ccccc1. The molecule has 0 amide bonds. The average molecular weight is 393 g/mol. The molecule has 3 aromatic rings. The van der Waals surface area contributed by atoms with Crippen LogP contribution >= 0.6 is 35.0 Å². The van der Waals surface area contributed by atoms with Crippen molar-refractivity contribution in [1.82, 2.24) is 9.97 Å². The number of aromatic nitrogens is 2. The van der Waals surface area contributed by atoms with Gasteiger partial charge in [-0.05, 0) is 30.3 Å². The summed E-state index contributed by atoms with van der Waals surface area (Å²) in [6, 6.07) is 14.1. The predicted octanol–water partition coefficient (Wildman–Crippen LogP) is 5.59. The number of nitrogens with one attached hydrogen (secondary N) is 1. The molecule has 0 saturated carbocycles. The molecular formula is C16H10Cl2N4O2S. The van der Waals surface area contributed by atoms with Crippen LogP contribution in [0.5, 0.6) is 0 Å². The maximum Gasteiger partial charge on any atom is 0.343 e. The van der Waals surface area contributed by atoms with E-state index in [0.717, 1.165) is 4.90 Å². The highest BCUT2D eigenvalue weighted by molar-refractivity contribution is 7.99. The van der Waals surface area contributed by atoms with Crippen molar-refractivity contribution in [2.45, 2.75) is 9.92 Å². The van der Waals surface area contributed by atoms with Gasteiger partial charge in [0.1, 0.15) is 6.33 Å². The molecule has 0 saturated heterocycles. The molecule has 0 bridgehead atoms. The quantitative estimate of drug-likeness (QED) is 0.346. The second-order valence-corrected chi connectivity index (χ2v) is 6.70. The van der Waals surface area contributed by atoms with E-state index in [4.69, 9.17) is 23.2 Å². The van der Waals surface area contributed by atoms with E-state index in [0.29, 0.717) is 15.7 Å². The summed E-state index contributed by atoms with van der Waals surface area (Å²) in [5, 5.41) is 15.5. The molecule has 25 heavy (non-hydrogen) atoms. The van der Waals surface area contributed by atoms with Gasteiger partial charge in [0.2, 0.25) is 5.82 Å². The van der Waals surface area contributed by atoms with Crippen LogP contribution in [0.3, 0.4) is 0 Å². The van der Waals surface area contributed by atoms with Gasteiger partial charge in [0, 0.05) is 9.92 Å². The van der Waals surface area contributed by atoms with Gasteiger partial charge in [-0.1, -0.05) is 53.2 Å². The molecule has 0 aliphatic rings.